The molecule has 1 fully saturated rings. The quantitative estimate of drug-likeness (QED) is 0.732. The van der Waals surface area contributed by atoms with Gasteiger partial charge in [-0.2, -0.15) is 0 Å². The summed E-state index contributed by atoms with van der Waals surface area (Å²) in [4.78, 5) is 0. The maximum Gasteiger partial charge on any atom is 0.117 e. The van der Waals surface area contributed by atoms with Crippen LogP contribution in [0.3, 0.4) is 0 Å². The number of rotatable bonds is 7. The summed E-state index contributed by atoms with van der Waals surface area (Å²) in [5.74, 6) is 1.55. The SMILES string of the molecule is Cc1ccc([C@]2(CCNCc3ccco3)CCO[C@H](C(C)C)C2)cc1. The summed E-state index contributed by atoms with van der Waals surface area (Å²) in [6.45, 7) is 9.33. The molecule has 1 aromatic carbocycles. The van der Waals surface area contributed by atoms with Gasteiger partial charge in [-0.3, -0.25) is 0 Å². The molecule has 1 aliphatic heterocycles. The zero-order valence-electron chi connectivity index (χ0n) is 15.8. The van der Waals surface area contributed by atoms with E-state index < -0.39 is 0 Å². The summed E-state index contributed by atoms with van der Waals surface area (Å²) in [7, 11) is 0. The zero-order valence-corrected chi connectivity index (χ0v) is 15.8. The highest BCUT2D eigenvalue weighted by Gasteiger charge is 2.39. The minimum atomic E-state index is 0.205. The van der Waals surface area contributed by atoms with Crippen LogP contribution in [-0.4, -0.2) is 19.3 Å². The average molecular weight is 341 g/mol. The fourth-order valence-electron chi connectivity index (χ4n) is 3.87. The Morgan fingerprint density at radius 3 is 2.68 bits per heavy atom. The molecule has 0 amide bonds. The molecule has 1 N–H and O–H groups in total. The van der Waals surface area contributed by atoms with Crippen molar-refractivity contribution >= 4 is 0 Å². The van der Waals surface area contributed by atoms with E-state index in [9.17, 15) is 0 Å². The molecule has 136 valence electrons. The van der Waals surface area contributed by atoms with E-state index in [4.69, 9.17) is 9.15 Å². The molecule has 25 heavy (non-hydrogen) atoms. The normalized spacial score (nSPS) is 23.9. The van der Waals surface area contributed by atoms with E-state index in [1.54, 1.807) is 6.26 Å². The van der Waals surface area contributed by atoms with Gasteiger partial charge in [0.2, 0.25) is 0 Å². The molecule has 2 aromatic rings. The molecule has 3 nitrogen and oxygen atoms in total. The number of furan rings is 1. The van der Waals surface area contributed by atoms with Crippen LogP contribution in [0.15, 0.2) is 47.1 Å². The molecule has 3 rings (SSSR count). The van der Waals surface area contributed by atoms with Crippen molar-refractivity contribution in [1.29, 1.82) is 0 Å². The van der Waals surface area contributed by atoms with E-state index in [1.165, 1.54) is 11.1 Å². The van der Waals surface area contributed by atoms with Gasteiger partial charge in [-0.25, -0.2) is 0 Å². The van der Waals surface area contributed by atoms with Crippen molar-refractivity contribution < 1.29 is 9.15 Å². The second kappa shape index (κ2) is 8.20. The largest absolute Gasteiger partial charge is 0.468 e. The van der Waals surface area contributed by atoms with Crippen molar-refractivity contribution in [3.8, 4) is 0 Å². The van der Waals surface area contributed by atoms with E-state index in [0.717, 1.165) is 44.7 Å². The molecule has 0 saturated carbocycles. The summed E-state index contributed by atoms with van der Waals surface area (Å²) in [6, 6.07) is 13.1. The first-order valence-electron chi connectivity index (χ1n) is 9.51. The molecule has 1 aliphatic rings. The van der Waals surface area contributed by atoms with Gasteiger partial charge in [-0.05, 0) is 56.3 Å². The maximum atomic E-state index is 6.07. The average Bonchev–Trinajstić information content (AvgIpc) is 3.13. The Balaban J connectivity index is 1.70. The first kappa shape index (κ1) is 18.2. The molecule has 0 unspecified atom stereocenters. The van der Waals surface area contributed by atoms with E-state index in [2.05, 4.69) is 50.4 Å². The third kappa shape index (κ3) is 4.53. The lowest BCUT2D eigenvalue weighted by molar-refractivity contribution is -0.0469. The Bertz CT molecular complexity index is 633. The summed E-state index contributed by atoms with van der Waals surface area (Å²) in [5.41, 5.74) is 2.99. The molecule has 2 atom stereocenters. The molecule has 1 aromatic heterocycles. The van der Waals surface area contributed by atoms with Crippen LogP contribution in [0.1, 0.15) is 50.0 Å². The predicted octanol–water partition coefficient (Wildman–Crippen LogP) is 4.84. The third-order valence-corrected chi connectivity index (χ3v) is 5.57. The van der Waals surface area contributed by atoms with Crippen LogP contribution in [0.25, 0.3) is 0 Å². The first-order valence-corrected chi connectivity index (χ1v) is 9.51. The minimum absolute atomic E-state index is 0.205. The van der Waals surface area contributed by atoms with Crippen molar-refractivity contribution in [2.45, 2.75) is 58.1 Å². The number of aryl methyl sites for hydroxylation is 1. The zero-order chi connectivity index (χ0) is 17.7. The molecule has 0 spiro atoms. The highest BCUT2D eigenvalue weighted by Crippen LogP contribution is 2.41. The molecular formula is C22H31NO2. The summed E-state index contributed by atoms with van der Waals surface area (Å²) >= 11 is 0. The smallest absolute Gasteiger partial charge is 0.117 e. The molecule has 1 saturated heterocycles. The monoisotopic (exact) mass is 341 g/mol. The van der Waals surface area contributed by atoms with E-state index in [1.807, 2.05) is 12.1 Å². The molecule has 0 radical (unpaired) electrons. The second-order valence-electron chi connectivity index (χ2n) is 7.76. The van der Waals surface area contributed by atoms with Crippen molar-refractivity contribution in [3.05, 3.63) is 59.5 Å². The number of benzene rings is 1. The van der Waals surface area contributed by atoms with Crippen LogP contribution in [-0.2, 0) is 16.7 Å². The van der Waals surface area contributed by atoms with E-state index in [0.29, 0.717) is 12.0 Å². The standard InChI is InChI=1S/C22H31NO2/c1-17(2)21-15-22(11-14-25-21,19-8-6-18(3)7-9-19)10-12-23-16-20-5-4-13-24-20/h4-9,13,17,21,23H,10-12,14-16H2,1-3H3/t21-,22+/m0/s1. The fourth-order valence-corrected chi connectivity index (χ4v) is 3.87. The minimum Gasteiger partial charge on any atom is -0.468 e. The lowest BCUT2D eigenvalue weighted by Crippen LogP contribution is -2.42. The number of ether oxygens (including phenoxy) is 1. The Morgan fingerprint density at radius 2 is 2.00 bits per heavy atom. The summed E-state index contributed by atoms with van der Waals surface area (Å²) < 4.78 is 11.5. The first-order chi connectivity index (χ1) is 12.1. The van der Waals surface area contributed by atoms with Gasteiger partial charge in [0, 0.05) is 12.0 Å². The van der Waals surface area contributed by atoms with Gasteiger partial charge in [0.1, 0.15) is 5.76 Å². The molecule has 0 aliphatic carbocycles. The van der Waals surface area contributed by atoms with Gasteiger partial charge in [0.05, 0.1) is 18.9 Å². The van der Waals surface area contributed by atoms with Crippen LogP contribution in [0.2, 0.25) is 0 Å². The Kier molecular flexibility index (Phi) is 5.98. The number of nitrogens with one attached hydrogen (secondary N) is 1. The van der Waals surface area contributed by atoms with Gasteiger partial charge >= 0.3 is 0 Å². The van der Waals surface area contributed by atoms with Crippen LogP contribution in [0.5, 0.6) is 0 Å². The van der Waals surface area contributed by atoms with E-state index >= 15 is 0 Å². The van der Waals surface area contributed by atoms with Gasteiger partial charge in [-0.1, -0.05) is 43.7 Å². The van der Waals surface area contributed by atoms with Crippen LogP contribution in [0, 0.1) is 12.8 Å². The van der Waals surface area contributed by atoms with Crippen molar-refractivity contribution in [1.82, 2.24) is 5.32 Å². The van der Waals surface area contributed by atoms with Crippen LogP contribution in [0.4, 0.5) is 0 Å². The van der Waals surface area contributed by atoms with Crippen molar-refractivity contribution in [2.75, 3.05) is 13.2 Å². The number of hydrogen-bond donors (Lipinski definition) is 1. The third-order valence-electron chi connectivity index (χ3n) is 5.57. The Hall–Kier alpha value is -1.58. The Labute approximate surface area is 151 Å². The topological polar surface area (TPSA) is 34.4 Å². The van der Waals surface area contributed by atoms with Gasteiger partial charge in [-0.15, -0.1) is 0 Å². The second-order valence-corrected chi connectivity index (χ2v) is 7.76. The molecule has 0 bridgehead atoms. The summed E-state index contributed by atoms with van der Waals surface area (Å²) in [6.07, 6.45) is 5.41. The predicted molar refractivity (Wildman–Crippen MR) is 102 cm³/mol. The molecule has 3 heteroatoms. The van der Waals surface area contributed by atoms with Crippen LogP contribution >= 0.6 is 0 Å². The van der Waals surface area contributed by atoms with Gasteiger partial charge in [0.15, 0.2) is 0 Å². The lowest BCUT2D eigenvalue weighted by Gasteiger charge is -2.43. The highest BCUT2D eigenvalue weighted by atomic mass is 16.5. The summed E-state index contributed by atoms with van der Waals surface area (Å²) in [5, 5.41) is 3.55. The number of hydrogen-bond acceptors (Lipinski definition) is 3. The van der Waals surface area contributed by atoms with Crippen molar-refractivity contribution in [3.63, 3.8) is 0 Å². The molecule has 2 heterocycles. The van der Waals surface area contributed by atoms with Crippen molar-refractivity contribution in [2.24, 2.45) is 5.92 Å². The Morgan fingerprint density at radius 1 is 1.20 bits per heavy atom. The van der Waals surface area contributed by atoms with Crippen LogP contribution < -0.4 is 5.32 Å². The fraction of sp³-hybridized carbons (Fsp3) is 0.545. The van der Waals surface area contributed by atoms with Gasteiger partial charge in [0.25, 0.3) is 0 Å². The highest BCUT2D eigenvalue weighted by molar-refractivity contribution is 5.29. The van der Waals surface area contributed by atoms with E-state index in [-0.39, 0.29) is 5.41 Å². The maximum absolute atomic E-state index is 6.07. The lowest BCUT2D eigenvalue weighted by atomic mass is 9.68. The van der Waals surface area contributed by atoms with Gasteiger partial charge < -0.3 is 14.5 Å². The molecular weight excluding hydrogens is 310 g/mol.